The first-order valence-electron chi connectivity index (χ1n) is 8.90. The molecule has 26 heavy (non-hydrogen) atoms. The fourth-order valence-electron chi connectivity index (χ4n) is 3.00. The molecule has 0 amide bonds. The molecule has 1 aliphatic carbocycles. The van der Waals surface area contributed by atoms with E-state index in [1.54, 1.807) is 25.3 Å². The Kier molecular flexibility index (Phi) is 7.11. The molecule has 1 unspecified atom stereocenters. The van der Waals surface area contributed by atoms with Crippen LogP contribution in [0, 0.1) is 0 Å². The lowest BCUT2D eigenvalue weighted by Crippen LogP contribution is -2.42. The molecule has 6 heteroatoms. The van der Waals surface area contributed by atoms with Crippen molar-refractivity contribution in [3.63, 3.8) is 0 Å². The zero-order valence-corrected chi connectivity index (χ0v) is 17.7. The number of hydrogen-bond acceptors (Lipinski definition) is 3. The molecule has 3 rings (SSSR count). The Morgan fingerprint density at radius 3 is 2.50 bits per heavy atom. The van der Waals surface area contributed by atoms with E-state index in [0.29, 0.717) is 5.76 Å². The van der Waals surface area contributed by atoms with Gasteiger partial charge >= 0.3 is 0 Å². The highest BCUT2D eigenvalue weighted by Gasteiger charge is 2.44. The van der Waals surface area contributed by atoms with Crippen molar-refractivity contribution < 1.29 is 9.52 Å². The number of aliphatic imine (C=N–C) groups is 1. The van der Waals surface area contributed by atoms with E-state index in [-0.39, 0.29) is 35.9 Å². The molecule has 2 aromatic rings. The maximum Gasteiger partial charge on any atom is 0.191 e. The summed E-state index contributed by atoms with van der Waals surface area (Å²) in [5, 5.41) is 17.2. The van der Waals surface area contributed by atoms with Crippen LogP contribution in [0.3, 0.4) is 0 Å². The zero-order valence-electron chi connectivity index (χ0n) is 15.4. The van der Waals surface area contributed by atoms with Crippen molar-refractivity contribution in [1.29, 1.82) is 0 Å². The van der Waals surface area contributed by atoms with Crippen LogP contribution in [0.2, 0.25) is 0 Å². The van der Waals surface area contributed by atoms with Crippen LogP contribution in [0.4, 0.5) is 0 Å². The molecule has 1 saturated carbocycles. The Hall–Kier alpha value is -1.54. The second kappa shape index (κ2) is 8.90. The van der Waals surface area contributed by atoms with E-state index in [9.17, 15) is 5.11 Å². The Labute approximate surface area is 172 Å². The zero-order chi connectivity index (χ0) is 17.8. The van der Waals surface area contributed by atoms with Gasteiger partial charge < -0.3 is 20.2 Å². The lowest BCUT2D eigenvalue weighted by atomic mass is 9.96. The first-order valence-corrected chi connectivity index (χ1v) is 8.90. The Bertz CT molecular complexity index is 695. The quantitative estimate of drug-likeness (QED) is 0.331. The number of halogens is 1. The molecule has 1 aromatic carbocycles. The summed E-state index contributed by atoms with van der Waals surface area (Å²) in [6.45, 7) is 5.59. The first-order chi connectivity index (χ1) is 12.1. The highest BCUT2D eigenvalue weighted by Crippen LogP contribution is 2.47. The smallest absolute Gasteiger partial charge is 0.191 e. The van der Waals surface area contributed by atoms with Crippen LogP contribution in [0.5, 0.6) is 0 Å². The second-order valence-corrected chi connectivity index (χ2v) is 6.95. The molecule has 0 radical (unpaired) electrons. The topological polar surface area (TPSA) is 69.8 Å². The van der Waals surface area contributed by atoms with Crippen LogP contribution in [-0.4, -0.2) is 30.7 Å². The maximum atomic E-state index is 10.6. The van der Waals surface area contributed by atoms with Crippen molar-refractivity contribution in [1.82, 2.24) is 10.6 Å². The highest BCUT2D eigenvalue weighted by molar-refractivity contribution is 14.0. The highest BCUT2D eigenvalue weighted by atomic mass is 127. The van der Waals surface area contributed by atoms with E-state index in [1.807, 2.05) is 6.92 Å². The van der Waals surface area contributed by atoms with Gasteiger partial charge in [0.1, 0.15) is 11.4 Å². The number of rotatable bonds is 7. The number of hydrogen-bond donors (Lipinski definition) is 3. The molecular formula is C20H28IN3O2. The van der Waals surface area contributed by atoms with Crippen LogP contribution in [-0.2, 0) is 11.0 Å². The minimum atomic E-state index is -1.12. The molecule has 0 spiro atoms. The van der Waals surface area contributed by atoms with E-state index < -0.39 is 5.60 Å². The number of furan rings is 1. The number of benzene rings is 1. The summed E-state index contributed by atoms with van der Waals surface area (Å²) in [4.78, 5) is 4.55. The van der Waals surface area contributed by atoms with Gasteiger partial charge in [0.25, 0.3) is 0 Å². The van der Waals surface area contributed by atoms with Crippen LogP contribution in [0.25, 0.3) is 0 Å². The summed E-state index contributed by atoms with van der Waals surface area (Å²) in [6.07, 6.45) is 3.94. The number of guanidine groups is 1. The standard InChI is InChI=1S/C20H27N3O2.HI/c1-3-21-18(22-14-19(2,24)17-10-7-13-25-17)23-15-20(11-12-20)16-8-5-4-6-9-16;/h4-10,13,24H,3,11-12,14-15H2,1-2H3,(H2,21,22,23);1H. The third-order valence-corrected chi connectivity index (χ3v) is 4.78. The van der Waals surface area contributed by atoms with Crippen LogP contribution in [0.15, 0.2) is 58.1 Å². The van der Waals surface area contributed by atoms with E-state index >= 15 is 0 Å². The van der Waals surface area contributed by atoms with Gasteiger partial charge in [0.05, 0.1) is 12.8 Å². The maximum absolute atomic E-state index is 10.6. The van der Waals surface area contributed by atoms with E-state index in [0.717, 1.165) is 19.0 Å². The van der Waals surface area contributed by atoms with Gasteiger partial charge in [-0.1, -0.05) is 30.3 Å². The third kappa shape index (κ3) is 5.01. The average Bonchev–Trinajstić information content (AvgIpc) is 3.20. The van der Waals surface area contributed by atoms with Crippen molar-refractivity contribution in [2.75, 3.05) is 19.6 Å². The van der Waals surface area contributed by atoms with Crippen LogP contribution in [0.1, 0.15) is 38.0 Å². The van der Waals surface area contributed by atoms with E-state index in [1.165, 1.54) is 18.4 Å². The van der Waals surface area contributed by atoms with Gasteiger partial charge in [-0.15, -0.1) is 24.0 Å². The molecule has 1 heterocycles. The van der Waals surface area contributed by atoms with Crippen LogP contribution >= 0.6 is 24.0 Å². The van der Waals surface area contributed by atoms with Crippen molar-refractivity contribution in [3.8, 4) is 0 Å². The summed E-state index contributed by atoms with van der Waals surface area (Å²) in [7, 11) is 0. The summed E-state index contributed by atoms with van der Waals surface area (Å²) < 4.78 is 5.31. The van der Waals surface area contributed by atoms with Gasteiger partial charge in [-0.2, -0.15) is 0 Å². The fourth-order valence-corrected chi connectivity index (χ4v) is 3.00. The fraction of sp³-hybridized carbons (Fsp3) is 0.450. The number of nitrogens with one attached hydrogen (secondary N) is 2. The molecule has 3 N–H and O–H groups in total. The molecule has 1 aromatic heterocycles. The second-order valence-electron chi connectivity index (χ2n) is 6.95. The average molecular weight is 469 g/mol. The van der Waals surface area contributed by atoms with Crippen LogP contribution < -0.4 is 10.6 Å². The molecule has 0 aliphatic heterocycles. The van der Waals surface area contributed by atoms with Gasteiger partial charge in [0, 0.05) is 18.5 Å². The molecule has 1 atom stereocenters. The van der Waals surface area contributed by atoms with Gasteiger partial charge in [0.15, 0.2) is 5.96 Å². The monoisotopic (exact) mass is 469 g/mol. The summed E-state index contributed by atoms with van der Waals surface area (Å²) in [5.74, 6) is 1.24. The Balaban J connectivity index is 0.00000243. The van der Waals surface area contributed by atoms with Gasteiger partial charge in [-0.3, -0.25) is 0 Å². The third-order valence-electron chi connectivity index (χ3n) is 4.78. The molecule has 142 valence electrons. The van der Waals surface area contributed by atoms with E-state index in [2.05, 4.69) is 46.0 Å². The molecule has 5 nitrogen and oxygen atoms in total. The first kappa shape index (κ1) is 20.8. The molecule has 1 fully saturated rings. The lowest BCUT2D eigenvalue weighted by molar-refractivity contribution is 0.0437. The largest absolute Gasteiger partial charge is 0.466 e. The Morgan fingerprint density at radius 1 is 1.19 bits per heavy atom. The SMILES string of the molecule is CCNC(=NCC(C)(O)c1ccco1)NCC1(c2ccccc2)CC1.I. The van der Waals surface area contributed by atoms with E-state index in [4.69, 9.17) is 4.42 Å². The molecule has 0 saturated heterocycles. The summed E-state index contributed by atoms with van der Waals surface area (Å²) in [5.41, 5.74) is 0.463. The lowest BCUT2D eigenvalue weighted by Gasteiger charge is -2.21. The van der Waals surface area contributed by atoms with Gasteiger partial charge in [-0.05, 0) is 44.4 Å². The molecular weight excluding hydrogens is 441 g/mol. The van der Waals surface area contributed by atoms with Gasteiger partial charge in [0.2, 0.25) is 0 Å². The number of nitrogens with zero attached hydrogens (tertiary/aromatic N) is 1. The predicted molar refractivity (Wildman–Crippen MR) is 115 cm³/mol. The van der Waals surface area contributed by atoms with Crippen molar-refractivity contribution >= 4 is 29.9 Å². The number of aliphatic hydroxyl groups is 1. The summed E-state index contributed by atoms with van der Waals surface area (Å²) in [6, 6.07) is 14.2. The molecule has 1 aliphatic rings. The van der Waals surface area contributed by atoms with Crippen molar-refractivity contribution in [3.05, 3.63) is 60.1 Å². The normalized spacial score (nSPS) is 17.7. The Morgan fingerprint density at radius 2 is 1.92 bits per heavy atom. The predicted octanol–water partition coefficient (Wildman–Crippen LogP) is 3.39. The molecule has 0 bridgehead atoms. The van der Waals surface area contributed by atoms with Gasteiger partial charge in [-0.25, -0.2) is 4.99 Å². The van der Waals surface area contributed by atoms with Crippen molar-refractivity contribution in [2.45, 2.75) is 37.7 Å². The summed E-state index contributed by atoms with van der Waals surface area (Å²) >= 11 is 0. The minimum Gasteiger partial charge on any atom is -0.466 e. The van der Waals surface area contributed by atoms with Crippen molar-refractivity contribution in [2.24, 2.45) is 4.99 Å². The minimum absolute atomic E-state index is 0.